The summed E-state index contributed by atoms with van der Waals surface area (Å²) in [7, 11) is -1.87. The summed E-state index contributed by atoms with van der Waals surface area (Å²) in [6.45, 7) is 1.74. The van der Waals surface area contributed by atoms with Crippen LogP contribution in [0.25, 0.3) is 0 Å². The normalized spacial score (nSPS) is 11.5. The van der Waals surface area contributed by atoms with Gasteiger partial charge in [-0.2, -0.15) is 0 Å². The molecule has 0 spiro atoms. The van der Waals surface area contributed by atoms with Gasteiger partial charge >= 0.3 is 0 Å². The maximum Gasteiger partial charge on any atom is 0.262 e. The van der Waals surface area contributed by atoms with Crippen LogP contribution in [0.4, 0.5) is 5.69 Å². The monoisotopic (exact) mass is 393 g/mol. The third-order valence-corrected chi connectivity index (χ3v) is 6.44. The summed E-state index contributed by atoms with van der Waals surface area (Å²) in [4.78, 5) is 5.19. The topological polar surface area (TPSA) is 64.0 Å². The second-order valence-corrected chi connectivity index (χ2v) is 8.53. The third kappa shape index (κ3) is 4.00. The Morgan fingerprint density at radius 3 is 2.68 bits per heavy atom. The molecule has 1 N–H and O–H groups in total. The third-order valence-electron chi connectivity index (χ3n) is 3.55. The molecule has 1 aromatic heterocycles. The number of aromatic nitrogens is 2. The van der Waals surface area contributed by atoms with Gasteiger partial charge in [0, 0.05) is 29.4 Å². The Balaban J connectivity index is 1.95. The van der Waals surface area contributed by atoms with Crippen molar-refractivity contribution in [2.75, 3.05) is 4.72 Å². The van der Waals surface area contributed by atoms with Gasteiger partial charge in [0.25, 0.3) is 10.0 Å². The largest absolute Gasteiger partial charge is 0.329 e. The lowest BCUT2D eigenvalue weighted by atomic mass is 10.2. The van der Waals surface area contributed by atoms with E-state index in [1.165, 1.54) is 17.8 Å². The van der Waals surface area contributed by atoms with Crippen LogP contribution >= 0.6 is 23.4 Å². The van der Waals surface area contributed by atoms with Gasteiger partial charge in [0.15, 0.2) is 5.16 Å². The summed E-state index contributed by atoms with van der Waals surface area (Å²) in [6.07, 6.45) is 3.54. The van der Waals surface area contributed by atoms with Crippen LogP contribution in [0.3, 0.4) is 0 Å². The van der Waals surface area contributed by atoms with Crippen molar-refractivity contribution < 1.29 is 8.42 Å². The standard InChI is InChI=1S/C17H16ClN3O2S2/c1-12-7-8-13(18)11-16(12)25(22,23)20-14-5-3-4-6-15(14)24-17-19-9-10-21(17)2/h3-11,20H,1-2H3. The zero-order valence-electron chi connectivity index (χ0n) is 13.6. The van der Waals surface area contributed by atoms with Gasteiger partial charge in [-0.05, 0) is 48.5 Å². The molecule has 0 amide bonds. The van der Waals surface area contributed by atoms with E-state index in [-0.39, 0.29) is 4.90 Å². The quantitative estimate of drug-likeness (QED) is 0.700. The van der Waals surface area contributed by atoms with Gasteiger partial charge in [0.1, 0.15) is 0 Å². The average molecular weight is 394 g/mol. The zero-order valence-corrected chi connectivity index (χ0v) is 16.0. The number of hydrogen-bond donors (Lipinski definition) is 1. The van der Waals surface area contributed by atoms with Gasteiger partial charge in [-0.15, -0.1) is 0 Å². The minimum Gasteiger partial charge on any atom is -0.329 e. The number of nitrogens with one attached hydrogen (secondary N) is 1. The number of rotatable bonds is 5. The van der Waals surface area contributed by atoms with Crippen molar-refractivity contribution in [1.82, 2.24) is 9.55 Å². The van der Waals surface area contributed by atoms with Crippen molar-refractivity contribution in [2.24, 2.45) is 7.05 Å². The first-order valence-corrected chi connectivity index (χ1v) is 10.1. The molecular formula is C17H16ClN3O2S2. The number of halogens is 1. The maximum atomic E-state index is 12.8. The molecule has 25 heavy (non-hydrogen) atoms. The summed E-state index contributed by atoms with van der Waals surface area (Å²) in [6, 6.07) is 12.0. The Hall–Kier alpha value is -1.96. The van der Waals surface area contributed by atoms with Crippen LogP contribution in [-0.4, -0.2) is 18.0 Å². The fourth-order valence-corrected chi connectivity index (χ4v) is 4.80. The highest BCUT2D eigenvalue weighted by atomic mass is 35.5. The van der Waals surface area contributed by atoms with E-state index >= 15 is 0 Å². The fraction of sp³-hybridized carbons (Fsp3) is 0.118. The first-order chi connectivity index (χ1) is 11.9. The Morgan fingerprint density at radius 2 is 1.96 bits per heavy atom. The highest BCUT2D eigenvalue weighted by Gasteiger charge is 2.19. The second kappa shape index (κ2) is 7.11. The summed E-state index contributed by atoms with van der Waals surface area (Å²) in [5.74, 6) is 0. The molecule has 1 heterocycles. The molecule has 0 atom stereocenters. The first kappa shape index (κ1) is 17.8. The van der Waals surface area contributed by atoms with Crippen molar-refractivity contribution >= 4 is 39.1 Å². The average Bonchev–Trinajstić information content (AvgIpc) is 2.96. The van der Waals surface area contributed by atoms with Crippen molar-refractivity contribution in [3.05, 3.63) is 65.4 Å². The van der Waals surface area contributed by atoms with E-state index in [4.69, 9.17) is 11.6 Å². The van der Waals surface area contributed by atoms with Gasteiger partial charge in [-0.3, -0.25) is 4.72 Å². The highest BCUT2D eigenvalue weighted by molar-refractivity contribution is 7.99. The number of benzene rings is 2. The Bertz CT molecular complexity index is 1020. The van der Waals surface area contributed by atoms with E-state index in [0.29, 0.717) is 16.3 Å². The molecule has 0 radical (unpaired) electrons. The zero-order chi connectivity index (χ0) is 18.0. The molecule has 0 aliphatic rings. The predicted octanol–water partition coefficient (Wildman–Crippen LogP) is 4.33. The van der Waals surface area contributed by atoms with Gasteiger partial charge in [0.05, 0.1) is 10.6 Å². The lowest BCUT2D eigenvalue weighted by molar-refractivity contribution is 0.600. The number of nitrogens with zero attached hydrogens (tertiary/aromatic N) is 2. The minimum atomic E-state index is -3.75. The molecule has 0 aliphatic carbocycles. The Labute approximate surface area is 156 Å². The van der Waals surface area contributed by atoms with Crippen LogP contribution in [0.15, 0.2) is 69.8 Å². The van der Waals surface area contributed by atoms with Crippen molar-refractivity contribution in [3.63, 3.8) is 0 Å². The van der Waals surface area contributed by atoms with Crippen LogP contribution in [0.1, 0.15) is 5.56 Å². The van der Waals surface area contributed by atoms with E-state index < -0.39 is 10.0 Å². The minimum absolute atomic E-state index is 0.164. The maximum absolute atomic E-state index is 12.8. The molecular weight excluding hydrogens is 378 g/mol. The Kier molecular flexibility index (Phi) is 5.08. The molecule has 8 heteroatoms. The number of aryl methyl sites for hydroxylation is 2. The molecule has 0 aliphatic heterocycles. The lowest BCUT2D eigenvalue weighted by Gasteiger charge is -2.13. The van der Waals surface area contributed by atoms with Crippen molar-refractivity contribution in [3.8, 4) is 0 Å². The molecule has 0 unspecified atom stereocenters. The number of hydrogen-bond acceptors (Lipinski definition) is 4. The summed E-state index contributed by atoms with van der Waals surface area (Å²) >= 11 is 7.35. The molecule has 0 fully saturated rings. The first-order valence-electron chi connectivity index (χ1n) is 7.40. The van der Waals surface area contributed by atoms with E-state index in [1.807, 2.05) is 29.9 Å². The van der Waals surface area contributed by atoms with E-state index in [9.17, 15) is 8.42 Å². The second-order valence-electron chi connectivity index (χ2n) is 5.43. The number of imidazole rings is 1. The van der Waals surface area contributed by atoms with Crippen LogP contribution in [0.2, 0.25) is 5.02 Å². The molecule has 0 bridgehead atoms. The number of anilines is 1. The van der Waals surface area contributed by atoms with E-state index in [2.05, 4.69) is 9.71 Å². The molecule has 3 aromatic rings. The van der Waals surface area contributed by atoms with Gasteiger partial charge < -0.3 is 4.57 Å². The summed E-state index contributed by atoms with van der Waals surface area (Å²) < 4.78 is 30.1. The van der Waals surface area contributed by atoms with Gasteiger partial charge in [0.2, 0.25) is 0 Å². The lowest BCUT2D eigenvalue weighted by Crippen LogP contribution is -2.14. The van der Waals surface area contributed by atoms with Crippen LogP contribution in [-0.2, 0) is 17.1 Å². The molecule has 0 saturated heterocycles. The Morgan fingerprint density at radius 1 is 1.20 bits per heavy atom. The molecule has 5 nitrogen and oxygen atoms in total. The van der Waals surface area contributed by atoms with Crippen molar-refractivity contribution in [2.45, 2.75) is 21.9 Å². The van der Waals surface area contributed by atoms with Crippen LogP contribution < -0.4 is 4.72 Å². The summed E-state index contributed by atoms with van der Waals surface area (Å²) in [5, 5.41) is 1.15. The smallest absolute Gasteiger partial charge is 0.262 e. The van der Waals surface area contributed by atoms with E-state index in [1.54, 1.807) is 37.4 Å². The van der Waals surface area contributed by atoms with Crippen molar-refractivity contribution in [1.29, 1.82) is 0 Å². The van der Waals surface area contributed by atoms with Gasteiger partial charge in [-0.1, -0.05) is 29.8 Å². The molecule has 130 valence electrons. The molecule has 0 saturated carbocycles. The highest BCUT2D eigenvalue weighted by Crippen LogP contribution is 2.33. The molecule has 3 rings (SSSR count). The number of sulfonamides is 1. The molecule has 2 aromatic carbocycles. The van der Waals surface area contributed by atoms with Crippen LogP contribution in [0, 0.1) is 6.92 Å². The van der Waals surface area contributed by atoms with Crippen LogP contribution in [0.5, 0.6) is 0 Å². The predicted molar refractivity (Wildman–Crippen MR) is 101 cm³/mol. The summed E-state index contributed by atoms with van der Waals surface area (Å²) in [5.41, 5.74) is 1.13. The van der Waals surface area contributed by atoms with Gasteiger partial charge in [-0.25, -0.2) is 13.4 Å². The fourth-order valence-electron chi connectivity index (χ4n) is 2.25. The van der Waals surface area contributed by atoms with E-state index in [0.717, 1.165) is 10.1 Å². The SMILES string of the molecule is Cc1ccc(Cl)cc1S(=O)(=O)Nc1ccccc1Sc1nccn1C. The number of para-hydroxylation sites is 1.